The van der Waals surface area contributed by atoms with E-state index in [4.69, 9.17) is 5.11 Å². The first-order chi connectivity index (χ1) is 7.00. The van der Waals surface area contributed by atoms with Crippen molar-refractivity contribution in [3.63, 3.8) is 0 Å². The largest absolute Gasteiger partial charge is 0.481 e. The molecule has 0 fully saturated rings. The van der Waals surface area contributed by atoms with Crippen LogP contribution < -0.4 is 0 Å². The maximum atomic E-state index is 11.1. The fourth-order valence-corrected chi connectivity index (χ4v) is 1.81. The second-order valence-corrected chi connectivity index (χ2v) is 4.99. The number of carboxylic acids is 1. The molecule has 0 aromatic heterocycles. The van der Waals surface area contributed by atoms with E-state index in [-0.39, 0.29) is 0 Å². The fraction of sp³-hybridized carbons (Fsp3) is 0.417. The summed E-state index contributed by atoms with van der Waals surface area (Å²) in [6, 6.07) is 7.49. The van der Waals surface area contributed by atoms with Gasteiger partial charge >= 0.3 is 5.97 Å². The summed E-state index contributed by atoms with van der Waals surface area (Å²) in [4.78, 5) is 11.1. The van der Waals surface area contributed by atoms with Crippen LogP contribution in [0.3, 0.4) is 0 Å². The Morgan fingerprint density at radius 1 is 1.33 bits per heavy atom. The quantitative estimate of drug-likeness (QED) is 0.907. The Kier molecular flexibility index (Phi) is 4.33. The summed E-state index contributed by atoms with van der Waals surface area (Å²) < 4.78 is 0.972. The maximum Gasteiger partial charge on any atom is 0.310 e. The predicted octanol–water partition coefficient (Wildman–Crippen LogP) is 3.66. The van der Waals surface area contributed by atoms with E-state index in [2.05, 4.69) is 15.9 Å². The monoisotopic (exact) mass is 270 g/mol. The molecule has 0 aliphatic rings. The van der Waals surface area contributed by atoms with Gasteiger partial charge in [-0.2, -0.15) is 0 Å². The van der Waals surface area contributed by atoms with Gasteiger partial charge in [-0.05, 0) is 30.0 Å². The number of aliphatic carboxylic acids is 1. The normalized spacial score (nSPS) is 12.8. The fourth-order valence-electron chi connectivity index (χ4n) is 1.55. The molecule has 15 heavy (non-hydrogen) atoms. The zero-order chi connectivity index (χ0) is 11.4. The number of benzene rings is 1. The molecule has 3 heteroatoms. The summed E-state index contributed by atoms with van der Waals surface area (Å²) in [5, 5.41) is 9.13. The van der Waals surface area contributed by atoms with Crippen LogP contribution in [0.2, 0.25) is 0 Å². The minimum atomic E-state index is -0.744. The molecule has 1 aromatic rings. The highest BCUT2D eigenvalue weighted by Gasteiger charge is 2.20. The average molecular weight is 271 g/mol. The number of rotatable bonds is 4. The van der Waals surface area contributed by atoms with Crippen molar-refractivity contribution in [2.24, 2.45) is 5.92 Å². The van der Waals surface area contributed by atoms with Gasteiger partial charge in [0.2, 0.25) is 0 Å². The molecule has 0 saturated carbocycles. The standard InChI is InChI=1S/C12H15BrO2/c1-8(2)7-11(12(14)15)9-3-5-10(13)6-4-9/h3-6,8,11H,7H2,1-2H3,(H,14,15). The van der Waals surface area contributed by atoms with Crippen LogP contribution in [0.4, 0.5) is 0 Å². The van der Waals surface area contributed by atoms with Crippen molar-refractivity contribution in [3.05, 3.63) is 34.3 Å². The summed E-state index contributed by atoms with van der Waals surface area (Å²) in [5.41, 5.74) is 0.874. The van der Waals surface area contributed by atoms with E-state index in [1.54, 1.807) is 0 Å². The van der Waals surface area contributed by atoms with Crippen molar-refractivity contribution in [1.29, 1.82) is 0 Å². The van der Waals surface area contributed by atoms with E-state index < -0.39 is 11.9 Å². The Balaban J connectivity index is 2.89. The predicted molar refractivity (Wildman–Crippen MR) is 64.0 cm³/mol. The molecule has 1 aromatic carbocycles. The first-order valence-electron chi connectivity index (χ1n) is 4.99. The highest BCUT2D eigenvalue weighted by Crippen LogP contribution is 2.25. The van der Waals surface area contributed by atoms with Gasteiger partial charge < -0.3 is 5.11 Å². The van der Waals surface area contributed by atoms with Gasteiger partial charge in [0.05, 0.1) is 5.92 Å². The molecule has 1 N–H and O–H groups in total. The number of hydrogen-bond donors (Lipinski definition) is 1. The van der Waals surface area contributed by atoms with Gasteiger partial charge in [0, 0.05) is 4.47 Å². The Hall–Kier alpha value is -0.830. The van der Waals surface area contributed by atoms with Crippen LogP contribution in [0, 0.1) is 5.92 Å². The average Bonchev–Trinajstić information content (AvgIpc) is 2.15. The van der Waals surface area contributed by atoms with Gasteiger partial charge in [-0.1, -0.05) is 41.9 Å². The van der Waals surface area contributed by atoms with Crippen LogP contribution >= 0.6 is 15.9 Å². The molecule has 2 nitrogen and oxygen atoms in total. The van der Waals surface area contributed by atoms with Crippen molar-refractivity contribution in [2.45, 2.75) is 26.2 Å². The molecule has 0 spiro atoms. The lowest BCUT2D eigenvalue weighted by molar-refractivity contribution is -0.139. The van der Waals surface area contributed by atoms with E-state index in [1.165, 1.54) is 0 Å². The lowest BCUT2D eigenvalue weighted by atomic mass is 9.90. The van der Waals surface area contributed by atoms with E-state index in [0.29, 0.717) is 12.3 Å². The smallest absolute Gasteiger partial charge is 0.310 e. The molecule has 0 amide bonds. The Morgan fingerprint density at radius 2 is 1.87 bits per heavy atom. The summed E-state index contributed by atoms with van der Waals surface area (Å²) in [6.45, 7) is 4.07. The zero-order valence-electron chi connectivity index (χ0n) is 8.90. The molecule has 1 atom stereocenters. The Morgan fingerprint density at radius 3 is 2.27 bits per heavy atom. The molecule has 1 unspecified atom stereocenters. The molecule has 0 bridgehead atoms. The molecule has 1 rings (SSSR count). The summed E-state index contributed by atoms with van der Waals surface area (Å²) in [5.74, 6) is -0.751. The van der Waals surface area contributed by atoms with Gasteiger partial charge in [0.1, 0.15) is 0 Å². The molecular formula is C12H15BrO2. The van der Waals surface area contributed by atoms with Crippen molar-refractivity contribution < 1.29 is 9.90 Å². The van der Waals surface area contributed by atoms with Gasteiger partial charge in [-0.3, -0.25) is 4.79 Å². The number of carboxylic acid groups (broad SMARTS) is 1. The highest BCUT2D eigenvalue weighted by molar-refractivity contribution is 9.10. The molecule has 0 heterocycles. The third kappa shape index (κ3) is 3.67. The first kappa shape index (κ1) is 12.2. The van der Waals surface area contributed by atoms with Crippen molar-refractivity contribution in [3.8, 4) is 0 Å². The molecule has 82 valence electrons. The summed E-state index contributed by atoms with van der Waals surface area (Å²) in [6.07, 6.45) is 0.678. The Bertz CT molecular complexity index is 330. The molecule has 0 aliphatic heterocycles. The molecule has 0 radical (unpaired) electrons. The molecule has 0 saturated heterocycles. The topological polar surface area (TPSA) is 37.3 Å². The second kappa shape index (κ2) is 5.31. The van der Waals surface area contributed by atoms with Crippen molar-refractivity contribution in [1.82, 2.24) is 0 Å². The van der Waals surface area contributed by atoms with Gasteiger partial charge in [-0.25, -0.2) is 0 Å². The summed E-state index contributed by atoms with van der Waals surface area (Å²) in [7, 11) is 0. The third-order valence-corrected chi connectivity index (χ3v) is 2.81. The molecular weight excluding hydrogens is 256 g/mol. The van der Waals surface area contributed by atoms with Crippen molar-refractivity contribution in [2.75, 3.05) is 0 Å². The lowest BCUT2D eigenvalue weighted by Crippen LogP contribution is -2.13. The second-order valence-electron chi connectivity index (χ2n) is 4.07. The highest BCUT2D eigenvalue weighted by atomic mass is 79.9. The van der Waals surface area contributed by atoms with Gasteiger partial charge in [0.25, 0.3) is 0 Å². The minimum Gasteiger partial charge on any atom is -0.481 e. The molecule has 0 aliphatic carbocycles. The summed E-state index contributed by atoms with van der Waals surface area (Å²) >= 11 is 3.34. The maximum absolute atomic E-state index is 11.1. The van der Waals surface area contributed by atoms with Crippen LogP contribution in [-0.2, 0) is 4.79 Å². The minimum absolute atomic E-state index is 0.384. The Labute approximate surface area is 98.4 Å². The zero-order valence-corrected chi connectivity index (χ0v) is 10.5. The van der Waals surface area contributed by atoms with Crippen LogP contribution in [0.1, 0.15) is 31.7 Å². The number of halogens is 1. The lowest BCUT2D eigenvalue weighted by Gasteiger charge is -2.14. The van der Waals surface area contributed by atoms with Crippen LogP contribution in [-0.4, -0.2) is 11.1 Å². The van der Waals surface area contributed by atoms with Gasteiger partial charge in [-0.15, -0.1) is 0 Å². The first-order valence-corrected chi connectivity index (χ1v) is 5.78. The number of hydrogen-bond acceptors (Lipinski definition) is 1. The van der Waals surface area contributed by atoms with E-state index in [0.717, 1.165) is 10.0 Å². The van der Waals surface area contributed by atoms with Crippen molar-refractivity contribution >= 4 is 21.9 Å². The SMILES string of the molecule is CC(C)CC(C(=O)O)c1ccc(Br)cc1. The third-order valence-electron chi connectivity index (χ3n) is 2.28. The van der Waals surface area contributed by atoms with E-state index in [9.17, 15) is 4.79 Å². The van der Waals surface area contributed by atoms with E-state index >= 15 is 0 Å². The van der Waals surface area contributed by atoms with Crippen LogP contribution in [0.25, 0.3) is 0 Å². The van der Waals surface area contributed by atoms with E-state index in [1.807, 2.05) is 38.1 Å². The van der Waals surface area contributed by atoms with Gasteiger partial charge in [0.15, 0.2) is 0 Å². The number of carbonyl (C=O) groups is 1. The van der Waals surface area contributed by atoms with Crippen LogP contribution in [0.5, 0.6) is 0 Å². The van der Waals surface area contributed by atoms with Crippen LogP contribution in [0.15, 0.2) is 28.7 Å².